The predicted molar refractivity (Wildman–Crippen MR) is 131 cm³/mol. The Hall–Kier alpha value is -1.51. The molecule has 1 aliphatic heterocycles. The number of aryl methyl sites for hydroxylation is 1. The van der Waals surface area contributed by atoms with E-state index < -0.39 is 0 Å². The molecule has 3 heteroatoms. The number of carbonyl (C=O) groups excluding carboxylic acids is 1. The highest BCUT2D eigenvalue weighted by Crippen LogP contribution is 2.53. The maximum absolute atomic E-state index is 12.5. The fourth-order valence-corrected chi connectivity index (χ4v) is 5.91. The Morgan fingerprint density at radius 1 is 1.06 bits per heavy atom. The Balaban J connectivity index is 1.63. The molecule has 1 N–H and O–H groups in total. The van der Waals surface area contributed by atoms with Crippen molar-refractivity contribution in [3.8, 4) is 5.75 Å². The third-order valence-corrected chi connectivity index (χ3v) is 7.87. The number of rotatable bonds is 9. The molecule has 2 aliphatic rings. The van der Waals surface area contributed by atoms with Crippen LogP contribution in [0.15, 0.2) is 12.1 Å². The molecule has 174 valence electrons. The van der Waals surface area contributed by atoms with Gasteiger partial charge in [0, 0.05) is 18.2 Å². The second-order valence-corrected chi connectivity index (χ2v) is 11.5. The van der Waals surface area contributed by atoms with Gasteiger partial charge in [0.2, 0.25) is 0 Å². The Bertz CT molecular complexity index is 765. The van der Waals surface area contributed by atoms with E-state index in [1.807, 2.05) is 6.07 Å². The molecule has 1 aromatic carbocycles. The molecular weight excluding hydrogens is 382 g/mol. The van der Waals surface area contributed by atoms with Crippen molar-refractivity contribution in [1.29, 1.82) is 0 Å². The summed E-state index contributed by atoms with van der Waals surface area (Å²) in [6, 6.07) is 4.70. The normalized spacial score (nSPS) is 23.4. The number of benzene rings is 1. The predicted octanol–water partition coefficient (Wildman–Crippen LogP) is 7.94. The van der Waals surface area contributed by atoms with Gasteiger partial charge in [-0.3, -0.25) is 4.79 Å². The van der Waals surface area contributed by atoms with E-state index in [2.05, 4.69) is 52.9 Å². The van der Waals surface area contributed by atoms with Crippen molar-refractivity contribution in [2.24, 2.45) is 11.3 Å². The molecule has 31 heavy (non-hydrogen) atoms. The first-order valence-corrected chi connectivity index (χ1v) is 12.8. The van der Waals surface area contributed by atoms with Gasteiger partial charge in [0.1, 0.15) is 5.75 Å². The van der Waals surface area contributed by atoms with Gasteiger partial charge in [-0.2, -0.15) is 0 Å². The van der Waals surface area contributed by atoms with E-state index in [0.717, 1.165) is 12.8 Å². The Kier molecular flexibility index (Phi) is 7.76. The Labute approximate surface area is 190 Å². The molecule has 0 bridgehead atoms. The van der Waals surface area contributed by atoms with Crippen LogP contribution >= 0.6 is 0 Å². The molecule has 1 saturated carbocycles. The maximum atomic E-state index is 12.5. The number of unbranched alkanes of at least 4 members (excludes halogenated alkanes) is 6. The molecule has 1 heterocycles. The summed E-state index contributed by atoms with van der Waals surface area (Å²) < 4.78 is 5.80. The summed E-state index contributed by atoms with van der Waals surface area (Å²) in [5.74, 6) is 1.24. The van der Waals surface area contributed by atoms with Gasteiger partial charge in [-0.05, 0) is 72.6 Å². The van der Waals surface area contributed by atoms with Crippen molar-refractivity contribution in [2.75, 3.05) is 5.32 Å². The first-order valence-electron chi connectivity index (χ1n) is 12.8. The third kappa shape index (κ3) is 5.84. The van der Waals surface area contributed by atoms with Gasteiger partial charge < -0.3 is 10.1 Å². The van der Waals surface area contributed by atoms with E-state index in [1.165, 1.54) is 68.2 Å². The van der Waals surface area contributed by atoms with Gasteiger partial charge in [0.15, 0.2) is 0 Å². The number of ether oxygens (including phenoxy) is 1. The molecule has 2 atom stereocenters. The summed E-state index contributed by atoms with van der Waals surface area (Å²) in [5, 5.41) is 3.88. The van der Waals surface area contributed by atoms with Crippen LogP contribution in [0.2, 0.25) is 0 Å². The first-order chi connectivity index (χ1) is 14.6. The minimum Gasteiger partial charge on any atom is -0.427 e. The third-order valence-electron chi connectivity index (χ3n) is 7.87. The number of anilines is 1. The largest absolute Gasteiger partial charge is 0.427 e. The van der Waals surface area contributed by atoms with Crippen LogP contribution in [0.25, 0.3) is 0 Å². The van der Waals surface area contributed by atoms with E-state index in [0.29, 0.717) is 29.5 Å². The van der Waals surface area contributed by atoms with Crippen LogP contribution in [0.5, 0.6) is 5.75 Å². The number of hydrogen-bond acceptors (Lipinski definition) is 3. The summed E-state index contributed by atoms with van der Waals surface area (Å²) in [5.41, 5.74) is 4.24. The topological polar surface area (TPSA) is 38.3 Å². The van der Waals surface area contributed by atoms with Gasteiger partial charge in [-0.1, -0.05) is 73.1 Å². The molecular formula is C28H45NO2. The van der Waals surface area contributed by atoms with Gasteiger partial charge in [0.05, 0.1) is 0 Å². The van der Waals surface area contributed by atoms with Crippen LogP contribution in [0.1, 0.15) is 116 Å². The second kappa shape index (κ2) is 9.96. The van der Waals surface area contributed by atoms with Crippen LogP contribution in [-0.2, 0) is 10.2 Å². The van der Waals surface area contributed by atoms with Crippen LogP contribution in [-0.4, -0.2) is 12.0 Å². The average Bonchev–Trinajstić information content (AvgIpc) is 2.67. The summed E-state index contributed by atoms with van der Waals surface area (Å²) in [6.07, 6.45) is 12.7. The second-order valence-electron chi connectivity index (χ2n) is 11.5. The van der Waals surface area contributed by atoms with Gasteiger partial charge in [0.25, 0.3) is 0 Å². The molecule has 3 rings (SSSR count). The SMILES string of the molecule is CCCCCCCCCC(=O)Oc1cc(C)c2c(c1)C(C)(C)[C@@H]1CCC(C)(C)C[C@H]1N2. The molecule has 0 amide bonds. The van der Waals surface area contributed by atoms with E-state index in [1.54, 1.807) is 0 Å². The van der Waals surface area contributed by atoms with Crippen molar-refractivity contribution in [2.45, 2.75) is 124 Å². The molecule has 0 saturated heterocycles. The molecule has 0 radical (unpaired) electrons. The lowest BCUT2D eigenvalue weighted by Gasteiger charge is -2.52. The molecule has 1 fully saturated rings. The lowest BCUT2D eigenvalue weighted by atomic mass is 9.58. The standard InChI is InChI=1S/C28H45NO2/c1-7-8-9-10-11-12-13-14-25(30)31-21-17-20(2)26-23(18-21)28(5,6)22-15-16-27(3,4)19-24(22)29-26/h17-18,22,24,29H,7-16,19H2,1-6H3/t22-,24-/m1/s1. The van der Waals surface area contributed by atoms with Crippen molar-refractivity contribution in [3.63, 3.8) is 0 Å². The minimum atomic E-state index is -0.0909. The minimum absolute atomic E-state index is 0.0768. The van der Waals surface area contributed by atoms with Crippen LogP contribution in [0.3, 0.4) is 0 Å². The molecule has 1 aromatic rings. The average molecular weight is 428 g/mol. The highest BCUT2D eigenvalue weighted by atomic mass is 16.5. The highest BCUT2D eigenvalue weighted by molar-refractivity contribution is 5.74. The van der Waals surface area contributed by atoms with Crippen molar-refractivity contribution >= 4 is 11.7 Å². The number of fused-ring (bicyclic) bond motifs is 2. The van der Waals surface area contributed by atoms with Crippen molar-refractivity contribution in [1.82, 2.24) is 0 Å². The quantitative estimate of drug-likeness (QED) is 0.247. The smallest absolute Gasteiger partial charge is 0.311 e. The lowest BCUT2D eigenvalue weighted by molar-refractivity contribution is -0.134. The molecule has 0 aromatic heterocycles. The van der Waals surface area contributed by atoms with E-state index in [9.17, 15) is 4.79 Å². The number of hydrogen-bond donors (Lipinski definition) is 1. The number of nitrogens with one attached hydrogen (secondary N) is 1. The zero-order valence-corrected chi connectivity index (χ0v) is 20.9. The highest BCUT2D eigenvalue weighted by Gasteiger charge is 2.47. The van der Waals surface area contributed by atoms with Gasteiger partial charge in [-0.25, -0.2) is 0 Å². The van der Waals surface area contributed by atoms with E-state index >= 15 is 0 Å². The molecule has 0 spiro atoms. The zero-order chi connectivity index (χ0) is 22.6. The summed E-state index contributed by atoms with van der Waals surface area (Å²) in [7, 11) is 0. The zero-order valence-electron chi connectivity index (χ0n) is 20.9. The van der Waals surface area contributed by atoms with Gasteiger partial charge in [-0.15, -0.1) is 0 Å². The summed E-state index contributed by atoms with van der Waals surface area (Å²) in [4.78, 5) is 12.5. The fraction of sp³-hybridized carbons (Fsp3) is 0.750. The molecule has 0 unspecified atom stereocenters. The Morgan fingerprint density at radius 2 is 1.74 bits per heavy atom. The number of esters is 1. The van der Waals surface area contributed by atoms with Crippen LogP contribution in [0.4, 0.5) is 5.69 Å². The van der Waals surface area contributed by atoms with Crippen LogP contribution in [0, 0.1) is 18.3 Å². The lowest BCUT2D eigenvalue weighted by Crippen LogP contribution is -2.50. The maximum Gasteiger partial charge on any atom is 0.311 e. The van der Waals surface area contributed by atoms with Crippen molar-refractivity contribution < 1.29 is 9.53 Å². The van der Waals surface area contributed by atoms with E-state index in [-0.39, 0.29) is 11.4 Å². The summed E-state index contributed by atoms with van der Waals surface area (Å²) in [6.45, 7) is 13.9. The molecule has 1 aliphatic carbocycles. The van der Waals surface area contributed by atoms with Gasteiger partial charge >= 0.3 is 5.97 Å². The Morgan fingerprint density at radius 3 is 2.45 bits per heavy atom. The monoisotopic (exact) mass is 427 g/mol. The first kappa shape index (κ1) is 24.1. The van der Waals surface area contributed by atoms with Crippen molar-refractivity contribution in [3.05, 3.63) is 23.3 Å². The summed E-state index contributed by atoms with van der Waals surface area (Å²) >= 11 is 0. The van der Waals surface area contributed by atoms with Crippen LogP contribution < -0.4 is 10.1 Å². The molecule has 3 nitrogen and oxygen atoms in total. The fourth-order valence-electron chi connectivity index (χ4n) is 5.91. The number of carbonyl (C=O) groups is 1. The van der Waals surface area contributed by atoms with E-state index in [4.69, 9.17) is 4.74 Å².